The van der Waals surface area contributed by atoms with E-state index in [2.05, 4.69) is 34.9 Å². The monoisotopic (exact) mass is 452 g/mol. The van der Waals surface area contributed by atoms with Gasteiger partial charge in [0.1, 0.15) is 6.61 Å². The molecule has 0 radical (unpaired) electrons. The second kappa shape index (κ2) is 10.0. The summed E-state index contributed by atoms with van der Waals surface area (Å²) in [6, 6.07) is 15.8. The van der Waals surface area contributed by atoms with Crippen LogP contribution < -0.4 is 10.6 Å². The number of carbonyl (C=O) groups is 3. The fourth-order valence-corrected chi connectivity index (χ4v) is 4.49. The molecule has 33 heavy (non-hydrogen) atoms. The number of rotatable bonds is 8. The Labute approximate surface area is 192 Å². The molecule has 3 N–H and O–H groups in total. The molecule has 8 nitrogen and oxygen atoms in total. The van der Waals surface area contributed by atoms with E-state index >= 15 is 0 Å². The average Bonchev–Trinajstić information content (AvgIpc) is 3.39. The van der Waals surface area contributed by atoms with Crippen molar-refractivity contribution in [3.63, 3.8) is 0 Å². The highest BCUT2D eigenvalue weighted by atomic mass is 16.5. The summed E-state index contributed by atoms with van der Waals surface area (Å²) in [4.78, 5) is 35.5. The normalized spacial score (nSPS) is 19.9. The van der Waals surface area contributed by atoms with Gasteiger partial charge in [-0.15, -0.1) is 0 Å². The molecule has 0 saturated carbocycles. The third-order valence-electron chi connectivity index (χ3n) is 6.16. The Bertz CT molecular complexity index is 994. The van der Waals surface area contributed by atoms with E-state index < -0.39 is 24.0 Å². The summed E-state index contributed by atoms with van der Waals surface area (Å²) in [6.07, 6.45) is -0.413. The zero-order valence-corrected chi connectivity index (χ0v) is 18.5. The Morgan fingerprint density at radius 3 is 2.33 bits per heavy atom. The van der Waals surface area contributed by atoms with Gasteiger partial charge in [-0.1, -0.05) is 48.5 Å². The highest BCUT2D eigenvalue weighted by Gasteiger charge is 2.31. The van der Waals surface area contributed by atoms with E-state index in [4.69, 9.17) is 14.6 Å². The lowest BCUT2D eigenvalue weighted by atomic mass is 9.98. The van der Waals surface area contributed by atoms with Crippen molar-refractivity contribution in [2.45, 2.75) is 37.8 Å². The van der Waals surface area contributed by atoms with Crippen molar-refractivity contribution >= 4 is 18.0 Å². The van der Waals surface area contributed by atoms with Crippen molar-refractivity contribution in [1.82, 2.24) is 10.6 Å². The second-order valence-corrected chi connectivity index (χ2v) is 8.61. The largest absolute Gasteiger partial charge is 0.481 e. The number of nitrogens with one attached hydrogen (secondary N) is 2. The van der Waals surface area contributed by atoms with Crippen molar-refractivity contribution < 1.29 is 29.0 Å². The first-order valence-corrected chi connectivity index (χ1v) is 11.1. The number of hydrogen-bond acceptors (Lipinski definition) is 5. The Morgan fingerprint density at radius 2 is 1.73 bits per heavy atom. The quantitative estimate of drug-likeness (QED) is 0.568. The second-order valence-electron chi connectivity index (χ2n) is 8.61. The lowest BCUT2D eigenvalue weighted by Crippen LogP contribution is -2.39. The van der Waals surface area contributed by atoms with Crippen LogP contribution in [0, 0.1) is 5.92 Å². The lowest BCUT2D eigenvalue weighted by molar-refractivity contribution is -0.141. The number of fused-ring (bicyclic) bond motifs is 3. The van der Waals surface area contributed by atoms with Crippen molar-refractivity contribution in [2.24, 2.45) is 5.92 Å². The molecule has 4 rings (SSSR count). The van der Waals surface area contributed by atoms with Gasteiger partial charge in [-0.3, -0.25) is 9.59 Å². The lowest BCUT2D eigenvalue weighted by Gasteiger charge is -2.17. The third kappa shape index (κ3) is 5.34. The summed E-state index contributed by atoms with van der Waals surface area (Å²) in [5, 5.41) is 14.4. The van der Waals surface area contributed by atoms with Crippen LogP contribution in [0.5, 0.6) is 0 Å². The van der Waals surface area contributed by atoms with Crippen LogP contribution in [-0.2, 0) is 19.1 Å². The Hall–Kier alpha value is -3.39. The molecule has 2 amide bonds. The van der Waals surface area contributed by atoms with Gasteiger partial charge in [-0.05, 0) is 35.6 Å². The zero-order chi connectivity index (χ0) is 23.4. The Kier molecular flexibility index (Phi) is 6.93. The first-order valence-electron chi connectivity index (χ1n) is 11.1. The van der Waals surface area contributed by atoms with Crippen molar-refractivity contribution in [3.05, 3.63) is 59.7 Å². The third-order valence-corrected chi connectivity index (χ3v) is 6.16. The van der Waals surface area contributed by atoms with E-state index in [1.807, 2.05) is 24.3 Å². The SMILES string of the molecule is C[C@@H](CC(=O)NC[C@H]1C[C@@H](C(=O)O)CO1)NC(=O)OCC1c2ccccc2-c2ccccc21. The van der Waals surface area contributed by atoms with Gasteiger partial charge in [-0.2, -0.15) is 0 Å². The van der Waals surface area contributed by atoms with Crippen LogP contribution in [0.4, 0.5) is 4.79 Å². The molecule has 1 heterocycles. The molecule has 0 unspecified atom stereocenters. The minimum atomic E-state index is -0.884. The highest BCUT2D eigenvalue weighted by molar-refractivity contribution is 5.79. The zero-order valence-electron chi connectivity index (χ0n) is 18.5. The number of alkyl carbamates (subject to hydrolysis) is 1. The fourth-order valence-electron chi connectivity index (χ4n) is 4.49. The topological polar surface area (TPSA) is 114 Å². The molecule has 2 aromatic carbocycles. The molecule has 0 bridgehead atoms. The van der Waals surface area contributed by atoms with Crippen molar-refractivity contribution in [2.75, 3.05) is 19.8 Å². The number of aliphatic carboxylic acids is 1. The minimum absolute atomic E-state index is 0.0252. The van der Waals surface area contributed by atoms with Gasteiger partial charge in [0.15, 0.2) is 0 Å². The van der Waals surface area contributed by atoms with E-state index in [-0.39, 0.29) is 44.1 Å². The first kappa shape index (κ1) is 22.8. The summed E-state index contributed by atoms with van der Waals surface area (Å²) in [5.74, 6) is -1.68. The summed E-state index contributed by atoms with van der Waals surface area (Å²) >= 11 is 0. The molecular formula is C25H28N2O6. The number of carboxylic acids is 1. The van der Waals surface area contributed by atoms with Crippen LogP contribution in [0.1, 0.15) is 36.8 Å². The number of carboxylic acid groups (broad SMARTS) is 1. The van der Waals surface area contributed by atoms with Crippen LogP contribution in [0.15, 0.2) is 48.5 Å². The number of benzene rings is 2. The van der Waals surface area contributed by atoms with E-state index in [0.717, 1.165) is 22.3 Å². The van der Waals surface area contributed by atoms with Crippen LogP contribution in [-0.4, -0.2) is 55.0 Å². The van der Waals surface area contributed by atoms with Gasteiger partial charge in [0.2, 0.25) is 5.91 Å². The van der Waals surface area contributed by atoms with Crippen LogP contribution in [0.3, 0.4) is 0 Å². The molecule has 174 valence electrons. The van der Waals surface area contributed by atoms with Gasteiger partial charge in [0.25, 0.3) is 0 Å². The van der Waals surface area contributed by atoms with Gasteiger partial charge in [-0.25, -0.2) is 4.79 Å². The molecule has 2 aliphatic rings. The maximum absolute atomic E-state index is 12.3. The number of hydrogen-bond donors (Lipinski definition) is 3. The smallest absolute Gasteiger partial charge is 0.407 e. The predicted molar refractivity (Wildman–Crippen MR) is 121 cm³/mol. The molecule has 1 aliphatic heterocycles. The van der Waals surface area contributed by atoms with Gasteiger partial charge in [0, 0.05) is 24.9 Å². The summed E-state index contributed by atoms with van der Waals surface area (Å²) in [5.41, 5.74) is 4.59. The molecule has 0 spiro atoms. The molecule has 0 aromatic heterocycles. The van der Waals surface area contributed by atoms with Crippen molar-refractivity contribution in [3.8, 4) is 11.1 Å². The van der Waals surface area contributed by atoms with E-state index in [1.54, 1.807) is 6.92 Å². The highest BCUT2D eigenvalue weighted by Crippen LogP contribution is 2.44. The van der Waals surface area contributed by atoms with Gasteiger partial charge in [0.05, 0.1) is 18.6 Å². The van der Waals surface area contributed by atoms with Gasteiger partial charge >= 0.3 is 12.1 Å². The Morgan fingerprint density at radius 1 is 1.09 bits per heavy atom. The molecule has 3 atom stereocenters. The molecular weight excluding hydrogens is 424 g/mol. The number of carbonyl (C=O) groups excluding carboxylic acids is 2. The average molecular weight is 453 g/mol. The maximum atomic E-state index is 12.3. The summed E-state index contributed by atoms with van der Waals surface area (Å²) < 4.78 is 10.9. The van der Waals surface area contributed by atoms with E-state index in [9.17, 15) is 14.4 Å². The number of amides is 2. The predicted octanol–water partition coefficient (Wildman–Crippen LogP) is 2.91. The Balaban J connectivity index is 1.22. The molecule has 2 aromatic rings. The van der Waals surface area contributed by atoms with Gasteiger partial charge < -0.3 is 25.2 Å². The van der Waals surface area contributed by atoms with E-state index in [0.29, 0.717) is 6.42 Å². The van der Waals surface area contributed by atoms with Crippen LogP contribution in [0.2, 0.25) is 0 Å². The maximum Gasteiger partial charge on any atom is 0.407 e. The van der Waals surface area contributed by atoms with Crippen LogP contribution in [0.25, 0.3) is 11.1 Å². The standard InChI is InChI=1S/C25H28N2O6/c1-15(10-23(28)26-12-17-11-16(13-32-17)24(29)30)27-25(31)33-14-22-20-8-4-2-6-18(20)19-7-3-5-9-21(19)22/h2-9,15-17,22H,10-14H2,1H3,(H,26,28)(H,27,31)(H,29,30)/t15-,16+,17+/m0/s1. The minimum Gasteiger partial charge on any atom is -0.481 e. The van der Waals surface area contributed by atoms with Crippen LogP contribution >= 0.6 is 0 Å². The number of ether oxygens (including phenoxy) is 2. The van der Waals surface area contributed by atoms with E-state index in [1.165, 1.54) is 0 Å². The fraction of sp³-hybridized carbons (Fsp3) is 0.400. The molecule has 1 fully saturated rings. The summed E-state index contributed by atoms with van der Waals surface area (Å²) in [6.45, 7) is 2.35. The summed E-state index contributed by atoms with van der Waals surface area (Å²) in [7, 11) is 0. The first-order chi connectivity index (χ1) is 15.9. The van der Waals surface area contributed by atoms with Crippen molar-refractivity contribution in [1.29, 1.82) is 0 Å². The molecule has 1 aliphatic carbocycles. The molecule has 1 saturated heterocycles. The molecule has 8 heteroatoms.